The highest BCUT2D eigenvalue weighted by Gasteiger charge is 2.06. The summed E-state index contributed by atoms with van der Waals surface area (Å²) in [6, 6.07) is 3.05. The average molecular weight is 210 g/mol. The number of carbonyl (C=O) groups excluding carboxylic acids is 2. The summed E-state index contributed by atoms with van der Waals surface area (Å²) in [6.45, 7) is 1.93. The van der Waals surface area contributed by atoms with E-state index in [9.17, 15) is 9.59 Å². The van der Waals surface area contributed by atoms with Crippen LogP contribution in [0.25, 0.3) is 0 Å². The number of carbonyl (C=O) groups is 2. The molecule has 0 atom stereocenters. The second-order valence-electron chi connectivity index (χ2n) is 2.43. The first-order chi connectivity index (χ1) is 7.24. The number of esters is 1. The minimum Gasteiger partial charge on any atom is -0.462 e. The number of hydrogen-bond donors (Lipinski definition) is 1. The lowest BCUT2D eigenvalue weighted by Gasteiger charge is -1.95. The Bertz CT molecular complexity index is 356. The molecule has 1 heterocycles. The van der Waals surface area contributed by atoms with Crippen LogP contribution in [0.3, 0.4) is 0 Å². The number of amides is 1. The SMILES string of the molecule is CCOC(=O)/C=N/NC(=O)c1ccco1. The molecule has 0 aromatic carbocycles. The molecular weight excluding hydrogens is 200 g/mol. The summed E-state index contributed by atoms with van der Waals surface area (Å²) < 4.78 is 9.35. The van der Waals surface area contributed by atoms with E-state index in [0.717, 1.165) is 6.21 Å². The Kier molecular flexibility index (Phi) is 4.08. The number of nitrogens with one attached hydrogen (secondary N) is 1. The highest BCUT2D eigenvalue weighted by molar-refractivity contribution is 6.23. The topological polar surface area (TPSA) is 80.9 Å². The monoisotopic (exact) mass is 210 g/mol. The highest BCUT2D eigenvalue weighted by atomic mass is 16.5. The smallest absolute Gasteiger partial charge is 0.351 e. The van der Waals surface area contributed by atoms with Crippen molar-refractivity contribution in [2.24, 2.45) is 5.10 Å². The molecule has 1 rings (SSSR count). The van der Waals surface area contributed by atoms with Crippen LogP contribution in [0.15, 0.2) is 27.9 Å². The van der Waals surface area contributed by atoms with Crippen LogP contribution in [0.5, 0.6) is 0 Å². The third-order valence-corrected chi connectivity index (χ3v) is 1.37. The van der Waals surface area contributed by atoms with Gasteiger partial charge in [-0.1, -0.05) is 0 Å². The van der Waals surface area contributed by atoms with Crippen molar-refractivity contribution in [1.82, 2.24) is 5.43 Å². The Morgan fingerprint density at radius 3 is 3.07 bits per heavy atom. The first kappa shape index (κ1) is 11.0. The molecule has 1 aromatic rings. The van der Waals surface area contributed by atoms with Crippen molar-refractivity contribution in [3.05, 3.63) is 24.2 Å². The van der Waals surface area contributed by atoms with Crippen molar-refractivity contribution >= 4 is 18.1 Å². The minimum absolute atomic E-state index is 0.121. The molecule has 6 heteroatoms. The lowest BCUT2D eigenvalue weighted by atomic mass is 10.4. The molecule has 0 spiro atoms. The van der Waals surface area contributed by atoms with E-state index < -0.39 is 11.9 Å². The maximum atomic E-state index is 11.2. The van der Waals surface area contributed by atoms with Gasteiger partial charge in [-0.2, -0.15) is 5.10 Å². The number of hydrogen-bond acceptors (Lipinski definition) is 5. The van der Waals surface area contributed by atoms with Crippen molar-refractivity contribution < 1.29 is 18.7 Å². The van der Waals surface area contributed by atoms with Gasteiger partial charge in [-0.15, -0.1) is 0 Å². The first-order valence-corrected chi connectivity index (χ1v) is 4.27. The molecule has 0 aliphatic heterocycles. The lowest BCUT2D eigenvalue weighted by Crippen LogP contribution is -2.18. The molecule has 1 aromatic heterocycles. The maximum absolute atomic E-state index is 11.2. The van der Waals surface area contributed by atoms with Gasteiger partial charge in [0.1, 0.15) is 6.21 Å². The first-order valence-electron chi connectivity index (χ1n) is 4.27. The molecule has 0 aliphatic carbocycles. The summed E-state index contributed by atoms with van der Waals surface area (Å²) in [5, 5.41) is 3.39. The molecule has 0 saturated carbocycles. The molecule has 1 N–H and O–H groups in total. The van der Waals surface area contributed by atoms with Crippen LogP contribution >= 0.6 is 0 Å². The molecule has 0 aliphatic rings. The molecule has 1 amide bonds. The van der Waals surface area contributed by atoms with E-state index >= 15 is 0 Å². The molecule has 0 fully saturated rings. The summed E-state index contributed by atoms with van der Waals surface area (Å²) in [5.74, 6) is -1.02. The Labute approximate surface area is 85.9 Å². The molecule has 15 heavy (non-hydrogen) atoms. The third-order valence-electron chi connectivity index (χ3n) is 1.37. The van der Waals surface area contributed by atoms with Crippen molar-refractivity contribution in [2.45, 2.75) is 6.92 Å². The summed E-state index contributed by atoms with van der Waals surface area (Å²) in [6.07, 6.45) is 2.24. The van der Waals surface area contributed by atoms with Crippen LogP contribution < -0.4 is 5.43 Å². The molecule has 6 nitrogen and oxygen atoms in total. The Morgan fingerprint density at radius 1 is 1.67 bits per heavy atom. The molecule has 0 bridgehead atoms. The number of ether oxygens (including phenoxy) is 1. The van der Waals surface area contributed by atoms with Crippen LogP contribution in [0.1, 0.15) is 17.5 Å². The quantitative estimate of drug-likeness (QED) is 0.447. The summed E-state index contributed by atoms with van der Waals surface area (Å²) in [5.41, 5.74) is 2.11. The Balaban J connectivity index is 2.37. The zero-order valence-electron chi connectivity index (χ0n) is 8.10. The van der Waals surface area contributed by atoms with E-state index in [2.05, 4.69) is 15.3 Å². The maximum Gasteiger partial charge on any atom is 0.351 e. The van der Waals surface area contributed by atoms with Crippen LogP contribution in [0, 0.1) is 0 Å². The fourth-order valence-electron chi connectivity index (χ4n) is 0.786. The molecule has 0 saturated heterocycles. The van der Waals surface area contributed by atoms with E-state index in [1.807, 2.05) is 0 Å². The molecule has 0 unspecified atom stereocenters. The van der Waals surface area contributed by atoms with Crippen molar-refractivity contribution in [2.75, 3.05) is 6.61 Å². The normalized spacial score (nSPS) is 10.2. The predicted molar refractivity (Wildman–Crippen MR) is 51.3 cm³/mol. The lowest BCUT2D eigenvalue weighted by molar-refractivity contribution is -0.134. The summed E-state index contributed by atoms with van der Waals surface area (Å²) in [7, 11) is 0. The fraction of sp³-hybridized carbons (Fsp3) is 0.222. The van der Waals surface area contributed by atoms with Crippen molar-refractivity contribution in [3.8, 4) is 0 Å². The minimum atomic E-state index is -0.614. The van der Waals surface area contributed by atoms with E-state index in [-0.39, 0.29) is 12.4 Å². The van der Waals surface area contributed by atoms with E-state index in [1.165, 1.54) is 12.3 Å². The molecule has 0 radical (unpaired) electrons. The Morgan fingerprint density at radius 2 is 2.47 bits per heavy atom. The van der Waals surface area contributed by atoms with Crippen LogP contribution in [-0.2, 0) is 9.53 Å². The second kappa shape index (κ2) is 5.58. The van der Waals surface area contributed by atoms with Gasteiger partial charge >= 0.3 is 11.9 Å². The van der Waals surface area contributed by atoms with Gasteiger partial charge in [0, 0.05) is 0 Å². The summed E-state index contributed by atoms with van der Waals surface area (Å²) >= 11 is 0. The van der Waals surface area contributed by atoms with Crippen LogP contribution in [0.4, 0.5) is 0 Å². The third kappa shape index (κ3) is 3.63. The largest absolute Gasteiger partial charge is 0.462 e. The molecule has 80 valence electrons. The average Bonchev–Trinajstić information content (AvgIpc) is 2.70. The zero-order chi connectivity index (χ0) is 11.1. The number of furan rings is 1. The van der Waals surface area contributed by atoms with Gasteiger partial charge in [0.25, 0.3) is 0 Å². The van der Waals surface area contributed by atoms with E-state index in [4.69, 9.17) is 4.42 Å². The predicted octanol–water partition coefficient (Wildman–Crippen LogP) is 0.558. The van der Waals surface area contributed by atoms with Gasteiger partial charge in [0.2, 0.25) is 0 Å². The van der Waals surface area contributed by atoms with Gasteiger partial charge in [-0.25, -0.2) is 10.2 Å². The van der Waals surface area contributed by atoms with Gasteiger partial charge in [0.05, 0.1) is 12.9 Å². The van der Waals surface area contributed by atoms with Gasteiger partial charge in [-0.05, 0) is 19.1 Å². The van der Waals surface area contributed by atoms with Crippen LogP contribution in [-0.4, -0.2) is 24.7 Å². The van der Waals surface area contributed by atoms with Crippen molar-refractivity contribution in [3.63, 3.8) is 0 Å². The number of rotatable bonds is 4. The van der Waals surface area contributed by atoms with Gasteiger partial charge in [0.15, 0.2) is 5.76 Å². The van der Waals surface area contributed by atoms with Crippen molar-refractivity contribution in [1.29, 1.82) is 0 Å². The fourth-order valence-corrected chi connectivity index (χ4v) is 0.786. The number of hydrazone groups is 1. The second-order valence-corrected chi connectivity index (χ2v) is 2.43. The molecular formula is C9H10N2O4. The van der Waals surface area contributed by atoms with Gasteiger partial charge < -0.3 is 9.15 Å². The van der Waals surface area contributed by atoms with Gasteiger partial charge in [-0.3, -0.25) is 4.79 Å². The van der Waals surface area contributed by atoms with E-state index in [1.54, 1.807) is 13.0 Å². The Hall–Kier alpha value is -2.11. The van der Waals surface area contributed by atoms with E-state index in [0.29, 0.717) is 0 Å². The standard InChI is InChI=1S/C9H10N2O4/c1-2-14-8(12)6-10-11-9(13)7-4-3-5-15-7/h3-6H,2H2,1H3,(H,11,13)/b10-6+. The highest BCUT2D eigenvalue weighted by Crippen LogP contribution is 1.98. The summed E-state index contributed by atoms with van der Waals surface area (Å²) in [4.78, 5) is 21.9. The number of nitrogens with zero attached hydrogens (tertiary/aromatic N) is 1. The zero-order valence-corrected chi connectivity index (χ0v) is 8.10. The van der Waals surface area contributed by atoms with Crippen LogP contribution in [0.2, 0.25) is 0 Å².